The predicted octanol–water partition coefficient (Wildman–Crippen LogP) is 7.08. The Hall–Kier alpha value is -2.94. The van der Waals surface area contributed by atoms with Crippen LogP contribution in [0.3, 0.4) is 0 Å². The van der Waals surface area contributed by atoms with Crippen LogP contribution in [0.1, 0.15) is 87.0 Å². The van der Waals surface area contributed by atoms with Gasteiger partial charge in [-0.2, -0.15) is 0 Å². The number of aryl methyl sites for hydroxylation is 1. The predicted molar refractivity (Wildman–Crippen MR) is 165 cm³/mol. The molecule has 1 N–H and O–H groups in total. The molecule has 0 spiro atoms. The van der Waals surface area contributed by atoms with Gasteiger partial charge in [-0.1, -0.05) is 77.4 Å². The van der Waals surface area contributed by atoms with Crippen molar-refractivity contribution >= 4 is 0 Å². The summed E-state index contributed by atoms with van der Waals surface area (Å²) in [5, 5.41) is 13.2. The Bertz CT molecular complexity index is 1300. The van der Waals surface area contributed by atoms with Crippen molar-refractivity contribution in [1.29, 1.82) is 0 Å². The molecule has 0 amide bonds. The maximum atomic E-state index is 13.2. The molecule has 5 rings (SSSR count). The number of benzene rings is 3. The van der Waals surface area contributed by atoms with Gasteiger partial charge in [-0.15, -0.1) is 0 Å². The number of methoxy groups -OCH3 is 2. The summed E-state index contributed by atoms with van der Waals surface area (Å²) in [5.41, 5.74) is 2.76. The molecule has 2 saturated heterocycles. The zero-order valence-corrected chi connectivity index (χ0v) is 26.6. The lowest BCUT2D eigenvalue weighted by atomic mass is 9.78. The second-order valence-electron chi connectivity index (χ2n) is 13.3. The molecule has 2 fully saturated rings. The number of aliphatic hydroxyl groups is 1. The van der Waals surface area contributed by atoms with Gasteiger partial charge in [0.25, 0.3) is 0 Å². The van der Waals surface area contributed by atoms with Crippen LogP contribution in [0, 0.1) is 10.8 Å². The van der Waals surface area contributed by atoms with Crippen molar-refractivity contribution in [1.82, 2.24) is 0 Å². The van der Waals surface area contributed by atoms with E-state index in [0.29, 0.717) is 54.6 Å². The van der Waals surface area contributed by atoms with Crippen molar-refractivity contribution in [3.8, 4) is 11.5 Å². The van der Waals surface area contributed by atoms with Gasteiger partial charge in [-0.3, -0.25) is 0 Å². The van der Waals surface area contributed by atoms with Gasteiger partial charge in [0.2, 0.25) is 0 Å². The monoisotopic (exact) mass is 590 g/mol. The van der Waals surface area contributed by atoms with E-state index < -0.39 is 18.2 Å². The van der Waals surface area contributed by atoms with Gasteiger partial charge in [-0.25, -0.2) is 0 Å². The average Bonchev–Trinajstić information content (AvgIpc) is 3.00. The Balaban J connectivity index is 1.67. The summed E-state index contributed by atoms with van der Waals surface area (Å²) in [6.07, 6.45) is 0.866. The molecular weight excluding hydrogens is 544 g/mol. The molecule has 0 saturated carbocycles. The van der Waals surface area contributed by atoms with Gasteiger partial charge in [0.1, 0.15) is 17.1 Å². The quantitative estimate of drug-likeness (QED) is 0.267. The first-order valence-electron chi connectivity index (χ1n) is 15.1. The number of hydrogen-bond donors (Lipinski definition) is 1. The topological polar surface area (TPSA) is 75.6 Å². The summed E-state index contributed by atoms with van der Waals surface area (Å²) in [6.45, 7) is 12.9. The molecule has 2 aliphatic rings. The molecule has 0 radical (unpaired) electrons. The molecule has 7 nitrogen and oxygen atoms in total. The van der Waals surface area contributed by atoms with E-state index in [1.807, 2.05) is 48.5 Å². The maximum absolute atomic E-state index is 13.2. The van der Waals surface area contributed by atoms with E-state index in [0.717, 1.165) is 24.0 Å². The molecule has 0 atom stereocenters. The fraction of sp³-hybridized carbons (Fsp3) is 0.500. The van der Waals surface area contributed by atoms with Crippen LogP contribution in [0.4, 0.5) is 0 Å². The Morgan fingerprint density at radius 2 is 1.12 bits per heavy atom. The second kappa shape index (κ2) is 12.6. The molecule has 3 aromatic rings. The standard InChI is InChI=1S/C36H46O7/c1-8-9-24-10-14-27(15-11-24)36(37,28-18-25(12-16-30(28)38-6)32-40-20-34(2,3)21-41-32)29-19-26(13-17-31(29)39-7)33-42-22-35(4,5)23-43-33/h10-19,32-33,37H,8-9,20-23H2,1-7H3. The van der Waals surface area contributed by atoms with Crippen LogP contribution in [0.25, 0.3) is 0 Å². The van der Waals surface area contributed by atoms with E-state index in [9.17, 15) is 5.11 Å². The molecule has 7 heteroatoms. The average molecular weight is 591 g/mol. The third-order valence-corrected chi connectivity index (χ3v) is 8.18. The van der Waals surface area contributed by atoms with Gasteiger partial charge in [0.15, 0.2) is 12.6 Å². The highest BCUT2D eigenvalue weighted by molar-refractivity contribution is 5.58. The van der Waals surface area contributed by atoms with Crippen molar-refractivity contribution in [2.75, 3.05) is 40.6 Å². The number of hydrogen-bond acceptors (Lipinski definition) is 7. The summed E-state index contributed by atoms with van der Waals surface area (Å²) in [6, 6.07) is 19.5. The third-order valence-electron chi connectivity index (χ3n) is 8.18. The summed E-state index contributed by atoms with van der Waals surface area (Å²) in [4.78, 5) is 0. The Morgan fingerprint density at radius 3 is 1.49 bits per heavy atom. The van der Waals surface area contributed by atoms with E-state index in [1.54, 1.807) is 14.2 Å². The van der Waals surface area contributed by atoms with Crippen molar-refractivity contribution in [2.45, 2.75) is 65.6 Å². The van der Waals surface area contributed by atoms with E-state index in [2.05, 4.69) is 46.8 Å². The smallest absolute Gasteiger partial charge is 0.183 e. The number of ether oxygens (including phenoxy) is 6. The minimum atomic E-state index is -1.67. The first-order chi connectivity index (χ1) is 20.5. The summed E-state index contributed by atoms with van der Waals surface area (Å²) < 4.78 is 36.3. The molecule has 3 aromatic carbocycles. The van der Waals surface area contributed by atoms with Crippen LogP contribution in [0.15, 0.2) is 60.7 Å². The lowest BCUT2D eigenvalue weighted by Crippen LogP contribution is -2.35. The zero-order chi connectivity index (χ0) is 30.8. The van der Waals surface area contributed by atoms with Crippen molar-refractivity contribution in [2.24, 2.45) is 10.8 Å². The first kappa shape index (κ1) is 31.5. The first-order valence-corrected chi connectivity index (χ1v) is 15.1. The van der Waals surface area contributed by atoms with Gasteiger partial charge in [-0.05, 0) is 41.8 Å². The van der Waals surface area contributed by atoms with Crippen LogP contribution in [-0.4, -0.2) is 45.8 Å². The lowest BCUT2D eigenvalue weighted by molar-refractivity contribution is -0.226. The molecular formula is C36H46O7. The fourth-order valence-electron chi connectivity index (χ4n) is 5.74. The highest BCUT2D eigenvalue weighted by atomic mass is 16.7. The number of rotatable bonds is 9. The molecule has 0 aliphatic carbocycles. The fourth-order valence-corrected chi connectivity index (χ4v) is 5.74. The third kappa shape index (κ3) is 6.61. The normalized spacial score (nSPS) is 19.3. The highest BCUT2D eigenvalue weighted by Crippen LogP contribution is 2.47. The van der Waals surface area contributed by atoms with Crippen molar-refractivity contribution < 1.29 is 33.5 Å². The van der Waals surface area contributed by atoms with E-state index >= 15 is 0 Å². The highest BCUT2D eigenvalue weighted by Gasteiger charge is 2.41. The SMILES string of the molecule is CCCc1ccc(C(O)(c2cc(C3OCC(C)(C)CO3)ccc2OC)c2cc(C3OCC(C)(C)CO3)ccc2OC)cc1. The Labute approximate surface area is 256 Å². The Morgan fingerprint density at radius 1 is 0.698 bits per heavy atom. The van der Waals surface area contributed by atoms with E-state index in [4.69, 9.17) is 28.4 Å². The molecule has 232 valence electrons. The molecule has 2 aliphatic heterocycles. The van der Waals surface area contributed by atoms with Crippen molar-refractivity contribution in [3.63, 3.8) is 0 Å². The molecule has 43 heavy (non-hydrogen) atoms. The van der Waals surface area contributed by atoms with Crippen molar-refractivity contribution in [3.05, 3.63) is 94.0 Å². The van der Waals surface area contributed by atoms with Gasteiger partial charge < -0.3 is 33.5 Å². The summed E-state index contributed by atoms with van der Waals surface area (Å²) in [5.74, 6) is 1.05. The van der Waals surface area contributed by atoms with E-state index in [1.165, 1.54) is 5.56 Å². The van der Waals surface area contributed by atoms with Gasteiger partial charge in [0.05, 0.1) is 40.6 Å². The molecule has 0 aromatic heterocycles. The van der Waals surface area contributed by atoms with Crippen LogP contribution in [0.5, 0.6) is 11.5 Å². The summed E-state index contributed by atoms with van der Waals surface area (Å²) >= 11 is 0. The Kier molecular flexibility index (Phi) is 9.21. The summed E-state index contributed by atoms with van der Waals surface area (Å²) in [7, 11) is 3.22. The molecule has 0 unspecified atom stereocenters. The van der Waals surface area contributed by atoms with Crippen LogP contribution in [-0.2, 0) is 31.0 Å². The van der Waals surface area contributed by atoms with Gasteiger partial charge in [0, 0.05) is 33.1 Å². The molecule has 0 bridgehead atoms. The second-order valence-corrected chi connectivity index (χ2v) is 13.3. The van der Waals surface area contributed by atoms with Crippen LogP contribution < -0.4 is 9.47 Å². The van der Waals surface area contributed by atoms with Crippen LogP contribution in [0.2, 0.25) is 0 Å². The maximum Gasteiger partial charge on any atom is 0.183 e. The van der Waals surface area contributed by atoms with Crippen LogP contribution >= 0.6 is 0 Å². The molecule has 2 heterocycles. The minimum Gasteiger partial charge on any atom is -0.496 e. The minimum absolute atomic E-state index is 0.0704. The largest absolute Gasteiger partial charge is 0.496 e. The zero-order valence-electron chi connectivity index (χ0n) is 26.6. The lowest BCUT2D eigenvalue weighted by Gasteiger charge is -2.37. The van der Waals surface area contributed by atoms with Gasteiger partial charge >= 0.3 is 0 Å². The van der Waals surface area contributed by atoms with E-state index in [-0.39, 0.29) is 10.8 Å².